The first kappa shape index (κ1) is 16.0. The van der Waals surface area contributed by atoms with Crippen LogP contribution in [-0.2, 0) is 4.74 Å². The van der Waals surface area contributed by atoms with E-state index in [2.05, 4.69) is 48.5 Å². The fourth-order valence-electron chi connectivity index (χ4n) is 1.91. The molecule has 0 saturated heterocycles. The van der Waals surface area contributed by atoms with E-state index < -0.39 is 0 Å². The second-order valence-electron chi connectivity index (χ2n) is 7.58. The van der Waals surface area contributed by atoms with Crippen LogP contribution in [0.1, 0.15) is 67.7 Å². The summed E-state index contributed by atoms with van der Waals surface area (Å²) in [6.07, 6.45) is 3.64. The molecule has 0 aromatic carbocycles. The van der Waals surface area contributed by atoms with E-state index in [9.17, 15) is 0 Å². The Bertz CT molecular complexity index is 171. The third kappa shape index (κ3) is 12.0. The van der Waals surface area contributed by atoms with E-state index >= 15 is 0 Å². The summed E-state index contributed by atoms with van der Waals surface area (Å²) in [6.45, 7) is 17.9. The van der Waals surface area contributed by atoms with E-state index in [1.165, 1.54) is 12.8 Å². The highest BCUT2D eigenvalue weighted by atomic mass is 16.5. The molecule has 0 saturated carbocycles. The monoisotopic (exact) mass is 228 g/mol. The Morgan fingerprint density at radius 1 is 0.875 bits per heavy atom. The SMILES string of the molecule is CC(CCOCCC(C)(C)C)CC(C)(C)C. The van der Waals surface area contributed by atoms with Gasteiger partial charge in [-0.3, -0.25) is 0 Å². The molecule has 0 amide bonds. The Balaban J connectivity index is 3.45. The van der Waals surface area contributed by atoms with Crippen molar-refractivity contribution in [1.29, 1.82) is 0 Å². The van der Waals surface area contributed by atoms with E-state index in [4.69, 9.17) is 4.74 Å². The summed E-state index contributed by atoms with van der Waals surface area (Å²) in [4.78, 5) is 0. The van der Waals surface area contributed by atoms with Crippen molar-refractivity contribution in [2.75, 3.05) is 13.2 Å². The third-order valence-corrected chi connectivity index (χ3v) is 2.71. The van der Waals surface area contributed by atoms with Crippen LogP contribution in [0.4, 0.5) is 0 Å². The van der Waals surface area contributed by atoms with Gasteiger partial charge in [0.15, 0.2) is 0 Å². The molecule has 98 valence electrons. The maximum Gasteiger partial charge on any atom is 0.0471 e. The maximum atomic E-state index is 5.69. The first-order valence-electron chi connectivity index (χ1n) is 6.68. The molecule has 0 radical (unpaired) electrons. The van der Waals surface area contributed by atoms with Crippen molar-refractivity contribution in [1.82, 2.24) is 0 Å². The van der Waals surface area contributed by atoms with Gasteiger partial charge in [0.2, 0.25) is 0 Å². The quantitative estimate of drug-likeness (QED) is 0.587. The highest BCUT2D eigenvalue weighted by molar-refractivity contribution is 4.66. The van der Waals surface area contributed by atoms with Gasteiger partial charge < -0.3 is 4.74 Å². The lowest BCUT2D eigenvalue weighted by Gasteiger charge is -2.23. The molecule has 0 bridgehead atoms. The summed E-state index contributed by atoms with van der Waals surface area (Å²) >= 11 is 0. The molecule has 0 N–H and O–H groups in total. The first-order chi connectivity index (χ1) is 7.10. The lowest BCUT2D eigenvalue weighted by Crippen LogP contribution is -2.14. The van der Waals surface area contributed by atoms with Crippen molar-refractivity contribution in [2.45, 2.75) is 67.7 Å². The van der Waals surface area contributed by atoms with Crippen LogP contribution in [0.3, 0.4) is 0 Å². The van der Waals surface area contributed by atoms with Gasteiger partial charge in [-0.05, 0) is 36.0 Å². The van der Waals surface area contributed by atoms with Gasteiger partial charge in [-0.15, -0.1) is 0 Å². The molecule has 0 aliphatic heterocycles. The number of hydrogen-bond acceptors (Lipinski definition) is 1. The van der Waals surface area contributed by atoms with Crippen molar-refractivity contribution < 1.29 is 4.74 Å². The van der Waals surface area contributed by atoms with Crippen LogP contribution in [-0.4, -0.2) is 13.2 Å². The lowest BCUT2D eigenvalue weighted by atomic mass is 9.84. The Morgan fingerprint density at radius 2 is 1.44 bits per heavy atom. The summed E-state index contributed by atoms with van der Waals surface area (Å²) in [5, 5.41) is 0. The second kappa shape index (κ2) is 6.64. The zero-order valence-corrected chi connectivity index (χ0v) is 12.5. The zero-order valence-electron chi connectivity index (χ0n) is 12.5. The zero-order chi connectivity index (χ0) is 12.8. The van der Waals surface area contributed by atoms with Crippen molar-refractivity contribution >= 4 is 0 Å². The molecule has 1 unspecified atom stereocenters. The molecular weight excluding hydrogens is 196 g/mol. The molecule has 1 atom stereocenters. The van der Waals surface area contributed by atoms with E-state index in [0.29, 0.717) is 10.8 Å². The van der Waals surface area contributed by atoms with Gasteiger partial charge in [0.1, 0.15) is 0 Å². The highest BCUT2D eigenvalue weighted by Crippen LogP contribution is 2.26. The third-order valence-electron chi connectivity index (χ3n) is 2.71. The molecular formula is C15H32O. The fourth-order valence-corrected chi connectivity index (χ4v) is 1.91. The summed E-state index contributed by atoms with van der Waals surface area (Å²) in [5.41, 5.74) is 0.849. The summed E-state index contributed by atoms with van der Waals surface area (Å²) in [6, 6.07) is 0. The standard InChI is InChI=1S/C15H32O/c1-13(12-15(5,6)7)8-10-16-11-9-14(2,3)4/h13H,8-12H2,1-7H3. The molecule has 16 heavy (non-hydrogen) atoms. The molecule has 0 heterocycles. The van der Waals surface area contributed by atoms with Gasteiger partial charge in [0.05, 0.1) is 0 Å². The van der Waals surface area contributed by atoms with Crippen LogP contribution in [0.15, 0.2) is 0 Å². The highest BCUT2D eigenvalue weighted by Gasteiger charge is 2.15. The van der Waals surface area contributed by atoms with Crippen LogP contribution in [0.5, 0.6) is 0 Å². The Labute approximate surface area is 103 Å². The minimum Gasteiger partial charge on any atom is -0.381 e. The van der Waals surface area contributed by atoms with Crippen LogP contribution >= 0.6 is 0 Å². The normalized spacial score (nSPS) is 15.2. The molecule has 0 aliphatic carbocycles. The molecule has 0 aromatic rings. The lowest BCUT2D eigenvalue weighted by molar-refractivity contribution is 0.0940. The molecule has 0 fully saturated rings. The van der Waals surface area contributed by atoms with E-state index in [0.717, 1.165) is 25.6 Å². The topological polar surface area (TPSA) is 9.23 Å². The average molecular weight is 228 g/mol. The Morgan fingerprint density at radius 3 is 1.88 bits per heavy atom. The predicted molar refractivity (Wildman–Crippen MR) is 72.7 cm³/mol. The van der Waals surface area contributed by atoms with Crippen molar-refractivity contribution in [3.8, 4) is 0 Å². The Kier molecular flexibility index (Phi) is 6.62. The molecule has 0 aromatic heterocycles. The maximum absolute atomic E-state index is 5.69. The number of ether oxygens (including phenoxy) is 1. The van der Waals surface area contributed by atoms with Gasteiger partial charge in [-0.1, -0.05) is 48.5 Å². The van der Waals surface area contributed by atoms with Gasteiger partial charge in [0, 0.05) is 13.2 Å². The van der Waals surface area contributed by atoms with Gasteiger partial charge in [-0.25, -0.2) is 0 Å². The number of rotatable bonds is 6. The van der Waals surface area contributed by atoms with Crippen LogP contribution in [0.25, 0.3) is 0 Å². The fraction of sp³-hybridized carbons (Fsp3) is 1.00. The van der Waals surface area contributed by atoms with Crippen LogP contribution in [0.2, 0.25) is 0 Å². The first-order valence-corrected chi connectivity index (χ1v) is 6.68. The van der Waals surface area contributed by atoms with E-state index in [1.54, 1.807) is 0 Å². The molecule has 0 aliphatic rings. The van der Waals surface area contributed by atoms with Crippen LogP contribution in [0, 0.1) is 16.7 Å². The van der Waals surface area contributed by atoms with E-state index in [1.807, 2.05) is 0 Å². The van der Waals surface area contributed by atoms with Gasteiger partial charge in [0.25, 0.3) is 0 Å². The molecule has 1 heteroatoms. The summed E-state index contributed by atoms with van der Waals surface area (Å²) in [5.74, 6) is 0.773. The van der Waals surface area contributed by atoms with Crippen LogP contribution < -0.4 is 0 Å². The second-order valence-corrected chi connectivity index (χ2v) is 7.58. The largest absolute Gasteiger partial charge is 0.381 e. The van der Waals surface area contributed by atoms with Crippen molar-refractivity contribution in [3.05, 3.63) is 0 Å². The van der Waals surface area contributed by atoms with Gasteiger partial charge >= 0.3 is 0 Å². The van der Waals surface area contributed by atoms with E-state index in [-0.39, 0.29) is 0 Å². The number of hydrogen-bond donors (Lipinski definition) is 0. The minimum absolute atomic E-state index is 0.400. The molecule has 1 nitrogen and oxygen atoms in total. The van der Waals surface area contributed by atoms with Crippen molar-refractivity contribution in [3.63, 3.8) is 0 Å². The minimum atomic E-state index is 0.400. The van der Waals surface area contributed by atoms with Crippen molar-refractivity contribution in [2.24, 2.45) is 16.7 Å². The summed E-state index contributed by atoms with van der Waals surface area (Å²) in [7, 11) is 0. The van der Waals surface area contributed by atoms with Gasteiger partial charge in [-0.2, -0.15) is 0 Å². The average Bonchev–Trinajstić information content (AvgIpc) is 1.97. The smallest absolute Gasteiger partial charge is 0.0471 e. The molecule has 0 rings (SSSR count). The molecule has 0 spiro atoms. The summed E-state index contributed by atoms with van der Waals surface area (Å²) < 4.78 is 5.69. The Hall–Kier alpha value is -0.0400. The predicted octanol–water partition coefficient (Wildman–Crippen LogP) is 4.90.